The van der Waals surface area contributed by atoms with E-state index in [0.29, 0.717) is 12.1 Å². The fourth-order valence-corrected chi connectivity index (χ4v) is 3.20. The number of pyridine rings is 2. The molecule has 0 aliphatic carbocycles. The van der Waals surface area contributed by atoms with E-state index in [9.17, 15) is 0 Å². The molecule has 3 heterocycles. The van der Waals surface area contributed by atoms with Gasteiger partial charge in [0, 0.05) is 18.5 Å². The van der Waals surface area contributed by atoms with E-state index in [1.807, 2.05) is 49.4 Å². The van der Waals surface area contributed by atoms with Crippen LogP contribution in [0.25, 0.3) is 22.5 Å². The predicted molar refractivity (Wildman–Crippen MR) is 115 cm³/mol. The van der Waals surface area contributed by atoms with Gasteiger partial charge in [-0.15, -0.1) is 0 Å². The molecular formula is C23H20N6O. The third-order valence-electron chi connectivity index (χ3n) is 4.75. The summed E-state index contributed by atoms with van der Waals surface area (Å²) in [7, 11) is 1.62. The minimum atomic E-state index is 0.541. The summed E-state index contributed by atoms with van der Waals surface area (Å²) in [4.78, 5) is 8.74. The fourth-order valence-electron chi connectivity index (χ4n) is 3.20. The zero-order valence-electron chi connectivity index (χ0n) is 16.7. The van der Waals surface area contributed by atoms with Crippen LogP contribution in [0.2, 0.25) is 0 Å². The largest absolute Gasteiger partial charge is 0.497 e. The summed E-state index contributed by atoms with van der Waals surface area (Å²) in [6, 6.07) is 17.4. The number of nitriles is 1. The lowest BCUT2D eigenvalue weighted by atomic mass is 9.99. The van der Waals surface area contributed by atoms with Gasteiger partial charge in [-0.1, -0.05) is 6.07 Å². The molecule has 0 atom stereocenters. The lowest BCUT2D eigenvalue weighted by Crippen LogP contribution is -2.01. The lowest BCUT2D eigenvalue weighted by Gasteiger charge is -2.09. The number of nitrogens with one attached hydrogen (secondary N) is 2. The van der Waals surface area contributed by atoms with Crippen LogP contribution in [-0.2, 0) is 6.54 Å². The van der Waals surface area contributed by atoms with Crippen LogP contribution in [0.5, 0.6) is 5.75 Å². The third kappa shape index (κ3) is 4.13. The first-order chi connectivity index (χ1) is 14.7. The van der Waals surface area contributed by atoms with Gasteiger partial charge in [-0.3, -0.25) is 10.1 Å². The van der Waals surface area contributed by atoms with Gasteiger partial charge in [-0.2, -0.15) is 10.4 Å². The second-order valence-electron chi connectivity index (χ2n) is 6.78. The number of benzene rings is 1. The molecule has 0 radical (unpaired) electrons. The molecule has 0 spiro atoms. The van der Waals surface area contributed by atoms with E-state index in [2.05, 4.69) is 31.6 Å². The Balaban J connectivity index is 1.48. The van der Waals surface area contributed by atoms with Crippen LogP contribution in [0.3, 0.4) is 0 Å². The molecule has 0 unspecified atom stereocenters. The maximum absolute atomic E-state index is 9.06. The van der Waals surface area contributed by atoms with Crippen LogP contribution in [0.4, 0.5) is 5.82 Å². The lowest BCUT2D eigenvalue weighted by molar-refractivity contribution is 0.414. The molecule has 4 rings (SSSR count). The van der Waals surface area contributed by atoms with Crippen molar-refractivity contribution in [2.24, 2.45) is 0 Å². The predicted octanol–water partition coefficient (Wildman–Crippen LogP) is 4.33. The van der Waals surface area contributed by atoms with E-state index in [-0.39, 0.29) is 0 Å². The number of aryl methyl sites for hydroxylation is 1. The van der Waals surface area contributed by atoms with Gasteiger partial charge in [-0.05, 0) is 60.0 Å². The van der Waals surface area contributed by atoms with E-state index in [0.717, 1.165) is 45.3 Å². The number of aromatic amines is 1. The van der Waals surface area contributed by atoms with Crippen LogP contribution in [0, 0.1) is 18.3 Å². The zero-order valence-corrected chi connectivity index (χ0v) is 16.7. The van der Waals surface area contributed by atoms with Gasteiger partial charge < -0.3 is 10.1 Å². The smallest absolute Gasteiger partial charge is 0.126 e. The molecule has 0 saturated heterocycles. The topological polar surface area (TPSA) is 99.5 Å². The number of ether oxygens (including phenoxy) is 1. The number of H-pyrrole nitrogens is 1. The quantitative estimate of drug-likeness (QED) is 0.503. The van der Waals surface area contributed by atoms with Gasteiger partial charge in [0.1, 0.15) is 17.3 Å². The second-order valence-corrected chi connectivity index (χ2v) is 6.78. The Morgan fingerprint density at radius 1 is 1.03 bits per heavy atom. The van der Waals surface area contributed by atoms with E-state index in [1.165, 1.54) is 0 Å². The van der Waals surface area contributed by atoms with Crippen LogP contribution < -0.4 is 10.1 Å². The molecule has 3 aromatic heterocycles. The number of aromatic nitrogens is 4. The molecule has 148 valence electrons. The molecule has 7 nitrogen and oxygen atoms in total. The fraction of sp³-hybridized carbons (Fsp3) is 0.130. The van der Waals surface area contributed by atoms with Crippen molar-refractivity contribution in [2.75, 3.05) is 12.4 Å². The average Bonchev–Trinajstić information content (AvgIpc) is 3.27. The minimum Gasteiger partial charge on any atom is -0.497 e. The summed E-state index contributed by atoms with van der Waals surface area (Å²) < 4.78 is 5.24. The number of hydrogen-bond acceptors (Lipinski definition) is 6. The van der Waals surface area contributed by atoms with Crippen molar-refractivity contribution < 1.29 is 4.74 Å². The highest BCUT2D eigenvalue weighted by Gasteiger charge is 2.08. The molecule has 0 saturated carbocycles. The zero-order chi connectivity index (χ0) is 20.9. The second kappa shape index (κ2) is 8.45. The Labute approximate surface area is 174 Å². The van der Waals surface area contributed by atoms with Crippen LogP contribution in [0.15, 0.2) is 60.9 Å². The number of hydrogen-bond donors (Lipinski definition) is 2. The molecule has 1 aromatic carbocycles. The molecular weight excluding hydrogens is 376 g/mol. The highest BCUT2D eigenvalue weighted by atomic mass is 16.5. The van der Waals surface area contributed by atoms with Crippen molar-refractivity contribution in [3.63, 3.8) is 0 Å². The van der Waals surface area contributed by atoms with Gasteiger partial charge in [0.05, 0.1) is 36.7 Å². The Morgan fingerprint density at radius 3 is 2.70 bits per heavy atom. The minimum absolute atomic E-state index is 0.541. The van der Waals surface area contributed by atoms with Crippen molar-refractivity contribution in [3.05, 3.63) is 77.7 Å². The van der Waals surface area contributed by atoms with Gasteiger partial charge in [0.15, 0.2) is 0 Å². The number of anilines is 1. The summed E-state index contributed by atoms with van der Waals surface area (Å²) in [5.41, 5.74) is 6.23. The summed E-state index contributed by atoms with van der Waals surface area (Å²) in [6.45, 7) is 2.54. The molecule has 0 fully saturated rings. The Hall–Kier alpha value is -4.18. The van der Waals surface area contributed by atoms with Crippen molar-refractivity contribution in [2.45, 2.75) is 13.5 Å². The summed E-state index contributed by atoms with van der Waals surface area (Å²) >= 11 is 0. The third-order valence-corrected chi connectivity index (χ3v) is 4.75. The first kappa shape index (κ1) is 19.2. The number of nitrogens with zero attached hydrogens (tertiary/aromatic N) is 4. The van der Waals surface area contributed by atoms with E-state index < -0.39 is 0 Å². The maximum Gasteiger partial charge on any atom is 0.126 e. The monoisotopic (exact) mass is 396 g/mol. The summed E-state index contributed by atoms with van der Waals surface area (Å²) in [6.07, 6.45) is 3.47. The van der Waals surface area contributed by atoms with Crippen molar-refractivity contribution >= 4 is 5.82 Å². The molecule has 30 heavy (non-hydrogen) atoms. The van der Waals surface area contributed by atoms with Gasteiger partial charge >= 0.3 is 0 Å². The molecule has 0 aliphatic rings. The molecule has 7 heteroatoms. The average molecular weight is 396 g/mol. The number of rotatable bonds is 6. The summed E-state index contributed by atoms with van der Waals surface area (Å²) in [5, 5.41) is 19.7. The molecule has 4 aromatic rings. The summed E-state index contributed by atoms with van der Waals surface area (Å²) in [5.74, 6) is 1.49. The highest BCUT2D eigenvalue weighted by molar-refractivity contribution is 5.70. The van der Waals surface area contributed by atoms with Gasteiger partial charge in [0.25, 0.3) is 0 Å². The maximum atomic E-state index is 9.06. The molecule has 0 amide bonds. The Bertz CT molecular complexity index is 1220. The number of methoxy groups -OCH3 is 1. The van der Waals surface area contributed by atoms with Crippen molar-refractivity contribution in [3.8, 4) is 34.3 Å². The standard InChI is InChI=1S/C23H20N6O/c1-15-9-16(13-24)3-4-20(15)17-5-7-26-23(10-17)27-14-18-11-22(29-28-18)21-12-19(30-2)6-8-25-21/h3-12H,14H2,1-2H3,(H,26,27)(H,28,29). The van der Waals surface area contributed by atoms with Gasteiger partial charge in [-0.25, -0.2) is 4.98 Å². The molecule has 0 aliphatic heterocycles. The molecule has 0 bridgehead atoms. The van der Waals surface area contributed by atoms with Gasteiger partial charge in [0.2, 0.25) is 0 Å². The van der Waals surface area contributed by atoms with Crippen molar-refractivity contribution in [1.29, 1.82) is 5.26 Å². The van der Waals surface area contributed by atoms with Crippen molar-refractivity contribution in [1.82, 2.24) is 20.2 Å². The van der Waals surface area contributed by atoms with E-state index >= 15 is 0 Å². The SMILES string of the molecule is COc1ccnc(-c2cc(CNc3cc(-c4ccc(C#N)cc4C)ccn3)[nH]n2)c1. The normalized spacial score (nSPS) is 10.4. The van der Waals surface area contributed by atoms with E-state index in [1.54, 1.807) is 25.6 Å². The van der Waals surface area contributed by atoms with Crippen LogP contribution in [0.1, 0.15) is 16.8 Å². The Morgan fingerprint density at radius 2 is 1.90 bits per heavy atom. The molecule has 2 N–H and O–H groups in total. The van der Waals surface area contributed by atoms with Crippen LogP contribution >= 0.6 is 0 Å². The van der Waals surface area contributed by atoms with Crippen LogP contribution in [-0.4, -0.2) is 27.3 Å². The first-order valence-electron chi connectivity index (χ1n) is 9.42. The van der Waals surface area contributed by atoms with E-state index in [4.69, 9.17) is 10.00 Å². The highest BCUT2D eigenvalue weighted by Crippen LogP contribution is 2.26. The first-order valence-corrected chi connectivity index (χ1v) is 9.42. The Kier molecular flexibility index (Phi) is 5.39.